The molecule has 2 N–H and O–H groups in total. The van der Waals surface area contributed by atoms with Crippen molar-refractivity contribution in [2.75, 3.05) is 12.3 Å². The summed E-state index contributed by atoms with van der Waals surface area (Å²) >= 11 is 3.24. The maximum absolute atomic E-state index is 13.0. The van der Waals surface area contributed by atoms with Gasteiger partial charge in [0.05, 0.1) is 16.8 Å². The lowest BCUT2D eigenvalue weighted by Crippen LogP contribution is -2.07. The Kier molecular flexibility index (Phi) is 5.01. The van der Waals surface area contributed by atoms with E-state index in [4.69, 9.17) is 15.2 Å². The Labute approximate surface area is 131 Å². The maximum atomic E-state index is 13.0. The zero-order chi connectivity index (χ0) is 15.4. The number of nitrogens with two attached hydrogens (primary N) is 1. The second-order valence-corrected chi connectivity index (χ2v) is 5.78. The molecule has 0 aliphatic carbocycles. The number of hydrogen-bond acceptors (Lipinski definition) is 4. The molecule has 6 heteroatoms. The van der Waals surface area contributed by atoms with Crippen molar-refractivity contribution < 1.29 is 13.9 Å². The first-order chi connectivity index (χ1) is 9.95. The molecular weight excluding hydrogens is 339 g/mol. The molecular formula is C15H16BrFN2O2. The van der Waals surface area contributed by atoms with E-state index in [2.05, 4.69) is 20.9 Å². The van der Waals surface area contributed by atoms with Gasteiger partial charge in [-0.15, -0.1) is 0 Å². The molecule has 0 radical (unpaired) electrons. The molecule has 1 heterocycles. The lowest BCUT2D eigenvalue weighted by atomic mass is 10.2. The zero-order valence-electron chi connectivity index (χ0n) is 11.8. The van der Waals surface area contributed by atoms with E-state index in [1.807, 2.05) is 13.8 Å². The van der Waals surface area contributed by atoms with Crippen LogP contribution in [0.1, 0.15) is 13.8 Å². The summed E-state index contributed by atoms with van der Waals surface area (Å²) in [5.41, 5.74) is 6.26. The zero-order valence-corrected chi connectivity index (χ0v) is 13.4. The maximum Gasteiger partial charge on any atom is 0.240 e. The second kappa shape index (κ2) is 6.76. The van der Waals surface area contributed by atoms with Gasteiger partial charge < -0.3 is 15.2 Å². The molecule has 0 saturated heterocycles. The normalized spacial score (nSPS) is 10.7. The highest BCUT2D eigenvalue weighted by atomic mass is 79.9. The minimum atomic E-state index is -0.347. The number of hydrogen-bond donors (Lipinski definition) is 1. The number of benzene rings is 1. The lowest BCUT2D eigenvalue weighted by Gasteiger charge is -2.12. The molecule has 2 rings (SSSR count). The van der Waals surface area contributed by atoms with Crippen molar-refractivity contribution in [3.05, 3.63) is 40.6 Å². The molecule has 0 amide bonds. The highest BCUT2D eigenvalue weighted by Crippen LogP contribution is 2.31. The van der Waals surface area contributed by atoms with Crippen LogP contribution in [0, 0.1) is 11.7 Å². The summed E-state index contributed by atoms with van der Waals surface area (Å²) in [5, 5.41) is 0. The van der Waals surface area contributed by atoms with Gasteiger partial charge in [0, 0.05) is 6.07 Å². The fraction of sp³-hybridized carbons (Fsp3) is 0.267. The average Bonchev–Trinajstić information content (AvgIpc) is 2.42. The van der Waals surface area contributed by atoms with E-state index in [1.54, 1.807) is 12.1 Å². The van der Waals surface area contributed by atoms with Crippen molar-refractivity contribution in [1.29, 1.82) is 0 Å². The predicted molar refractivity (Wildman–Crippen MR) is 83.2 cm³/mol. The van der Waals surface area contributed by atoms with Gasteiger partial charge in [-0.3, -0.25) is 0 Å². The molecule has 4 nitrogen and oxygen atoms in total. The molecule has 1 aromatic heterocycles. The van der Waals surface area contributed by atoms with E-state index >= 15 is 0 Å². The third-order valence-electron chi connectivity index (χ3n) is 2.53. The Bertz CT molecular complexity index is 635. The average molecular weight is 355 g/mol. The summed E-state index contributed by atoms with van der Waals surface area (Å²) in [6.45, 7) is 4.58. The predicted octanol–water partition coefficient (Wildman–Crippen LogP) is 4.39. The van der Waals surface area contributed by atoms with Crippen LogP contribution < -0.4 is 15.2 Å². The van der Waals surface area contributed by atoms with Gasteiger partial charge in [-0.2, -0.15) is 4.98 Å². The number of anilines is 1. The van der Waals surface area contributed by atoms with Crippen molar-refractivity contribution >= 4 is 21.6 Å². The van der Waals surface area contributed by atoms with E-state index in [0.29, 0.717) is 40.2 Å². The minimum Gasteiger partial charge on any atom is -0.476 e. The molecule has 112 valence electrons. The lowest BCUT2D eigenvalue weighted by molar-refractivity contribution is 0.260. The minimum absolute atomic E-state index is 0.329. The number of rotatable bonds is 5. The molecule has 21 heavy (non-hydrogen) atoms. The summed E-state index contributed by atoms with van der Waals surface area (Å²) in [6.07, 6.45) is 0. The van der Waals surface area contributed by atoms with Crippen LogP contribution in [0.15, 0.2) is 34.8 Å². The number of aromatic nitrogens is 1. The molecule has 0 fully saturated rings. The van der Waals surface area contributed by atoms with Crippen LogP contribution in [0.4, 0.5) is 10.1 Å². The molecule has 1 aromatic carbocycles. The first-order valence-corrected chi connectivity index (χ1v) is 7.27. The van der Waals surface area contributed by atoms with Gasteiger partial charge in [-0.1, -0.05) is 13.8 Å². The monoisotopic (exact) mass is 354 g/mol. The molecule has 0 bridgehead atoms. The number of pyridine rings is 1. The third kappa shape index (κ3) is 4.32. The van der Waals surface area contributed by atoms with Gasteiger partial charge in [0.25, 0.3) is 0 Å². The molecule has 0 unspecified atom stereocenters. The standard InChI is InChI=1S/C15H16BrFN2O2/c1-9(2)8-20-15-12(18)4-6-14(19-15)21-13-5-3-10(17)7-11(13)16/h3-7,9H,8,18H2,1-2H3. The highest BCUT2D eigenvalue weighted by molar-refractivity contribution is 9.10. The summed E-state index contributed by atoms with van der Waals surface area (Å²) in [5.74, 6) is 1.14. The Morgan fingerprint density at radius 3 is 2.71 bits per heavy atom. The molecule has 2 aromatic rings. The fourth-order valence-electron chi connectivity index (χ4n) is 1.52. The van der Waals surface area contributed by atoms with Crippen molar-refractivity contribution in [3.8, 4) is 17.5 Å². The van der Waals surface area contributed by atoms with E-state index in [-0.39, 0.29) is 5.82 Å². The molecule has 0 spiro atoms. The first kappa shape index (κ1) is 15.6. The summed E-state index contributed by atoms with van der Waals surface area (Å²) in [6, 6.07) is 7.45. The highest BCUT2D eigenvalue weighted by Gasteiger charge is 2.09. The first-order valence-electron chi connectivity index (χ1n) is 6.48. The number of halogens is 2. The van der Waals surface area contributed by atoms with Gasteiger partial charge >= 0.3 is 0 Å². The Morgan fingerprint density at radius 2 is 2.05 bits per heavy atom. The smallest absolute Gasteiger partial charge is 0.240 e. The third-order valence-corrected chi connectivity index (χ3v) is 3.15. The Balaban J connectivity index is 2.18. The van der Waals surface area contributed by atoms with Crippen molar-refractivity contribution in [3.63, 3.8) is 0 Å². The quantitative estimate of drug-likeness (QED) is 0.864. The van der Waals surface area contributed by atoms with E-state index in [1.165, 1.54) is 18.2 Å². The van der Waals surface area contributed by atoms with Gasteiger partial charge in [-0.25, -0.2) is 4.39 Å². The van der Waals surface area contributed by atoms with Gasteiger partial charge in [0.15, 0.2) is 0 Å². The van der Waals surface area contributed by atoms with Crippen LogP contribution in [-0.2, 0) is 0 Å². The SMILES string of the molecule is CC(C)COc1nc(Oc2ccc(F)cc2Br)ccc1N. The van der Waals surface area contributed by atoms with Crippen LogP contribution in [0.3, 0.4) is 0 Å². The molecule has 0 saturated carbocycles. The fourth-order valence-corrected chi connectivity index (χ4v) is 1.95. The topological polar surface area (TPSA) is 57.4 Å². The van der Waals surface area contributed by atoms with E-state index in [9.17, 15) is 4.39 Å². The number of nitrogens with zero attached hydrogens (tertiary/aromatic N) is 1. The summed E-state index contributed by atoms with van der Waals surface area (Å²) in [7, 11) is 0. The number of nitrogen functional groups attached to an aromatic ring is 1. The van der Waals surface area contributed by atoms with E-state index < -0.39 is 0 Å². The van der Waals surface area contributed by atoms with Crippen LogP contribution in [0.25, 0.3) is 0 Å². The molecule has 0 aliphatic heterocycles. The molecule has 0 aliphatic rings. The van der Waals surface area contributed by atoms with E-state index in [0.717, 1.165) is 0 Å². The van der Waals surface area contributed by atoms with Crippen LogP contribution in [0.2, 0.25) is 0 Å². The molecule has 0 atom stereocenters. The second-order valence-electron chi connectivity index (χ2n) is 4.93. The van der Waals surface area contributed by atoms with Gasteiger partial charge in [-0.05, 0) is 46.1 Å². The van der Waals surface area contributed by atoms with Gasteiger partial charge in [0.1, 0.15) is 11.6 Å². The Morgan fingerprint density at radius 1 is 1.29 bits per heavy atom. The van der Waals surface area contributed by atoms with Gasteiger partial charge in [0.2, 0.25) is 11.8 Å². The van der Waals surface area contributed by atoms with Crippen LogP contribution in [-0.4, -0.2) is 11.6 Å². The largest absolute Gasteiger partial charge is 0.476 e. The Hall–Kier alpha value is -1.82. The number of ether oxygens (including phenoxy) is 2. The van der Waals surface area contributed by atoms with Crippen LogP contribution >= 0.6 is 15.9 Å². The van der Waals surface area contributed by atoms with Crippen molar-refractivity contribution in [2.24, 2.45) is 5.92 Å². The van der Waals surface area contributed by atoms with Crippen molar-refractivity contribution in [1.82, 2.24) is 4.98 Å². The van der Waals surface area contributed by atoms with Crippen molar-refractivity contribution in [2.45, 2.75) is 13.8 Å². The van der Waals surface area contributed by atoms with Crippen LogP contribution in [0.5, 0.6) is 17.5 Å². The summed E-state index contributed by atoms with van der Waals surface area (Å²) in [4.78, 5) is 4.22. The summed E-state index contributed by atoms with van der Waals surface area (Å²) < 4.78 is 24.7.